The summed E-state index contributed by atoms with van der Waals surface area (Å²) in [5, 5.41) is 29.5. The number of likely N-dealkylation sites (tertiary alicyclic amines) is 1. The molecule has 5 atom stereocenters. The predicted octanol–water partition coefficient (Wildman–Crippen LogP) is 1.83. The van der Waals surface area contributed by atoms with Crippen LogP contribution in [0, 0.1) is 17.3 Å². The van der Waals surface area contributed by atoms with Crippen LogP contribution in [0.5, 0.6) is 5.75 Å². The summed E-state index contributed by atoms with van der Waals surface area (Å²) in [6.07, 6.45) is 1.73. The molecule has 2 aliphatic rings. The molecule has 3 rings (SSSR count). The molecule has 2 unspecified atom stereocenters. The van der Waals surface area contributed by atoms with E-state index in [4.69, 9.17) is 5.73 Å². The number of amides is 4. The minimum atomic E-state index is -1.25. The van der Waals surface area contributed by atoms with Gasteiger partial charge in [-0.1, -0.05) is 47.5 Å². The fraction of sp³-hybridized carbons (Fsp3) is 0.645. The number of primary amides is 1. The molecule has 4 amide bonds. The second kappa shape index (κ2) is 14.3. The van der Waals surface area contributed by atoms with Gasteiger partial charge < -0.3 is 31.9 Å². The lowest BCUT2D eigenvalue weighted by Crippen LogP contribution is -2.63. The largest absolute Gasteiger partial charge is 0.508 e. The molecule has 12 nitrogen and oxygen atoms in total. The molecule has 1 aromatic carbocycles. The number of hydrogen-bond acceptors (Lipinski definition) is 8. The van der Waals surface area contributed by atoms with Crippen LogP contribution in [0.2, 0.25) is 0 Å². The molecule has 1 saturated heterocycles. The summed E-state index contributed by atoms with van der Waals surface area (Å²) < 4.78 is 0. The zero-order valence-electron chi connectivity index (χ0n) is 25.8. The SMILES string of the molecule is CC(C)[C@H](NC(=O)N[C@H](C(O)N1CCC[C@H]1C(=O)NC(CC1CC1)C(=O)CC(N)=O)C(C)(C)C)C(=O)c1ccc(O)cc1. The van der Waals surface area contributed by atoms with Gasteiger partial charge in [0.2, 0.25) is 11.8 Å². The Kier molecular flexibility index (Phi) is 11.3. The topological polar surface area (TPSA) is 191 Å². The summed E-state index contributed by atoms with van der Waals surface area (Å²) in [6.45, 7) is 9.55. The van der Waals surface area contributed by atoms with E-state index in [0.717, 1.165) is 12.8 Å². The molecular formula is C31H47N5O7. The second-order valence-electron chi connectivity index (χ2n) is 13.3. The fourth-order valence-corrected chi connectivity index (χ4v) is 5.50. The molecule has 0 radical (unpaired) electrons. The van der Waals surface area contributed by atoms with Crippen molar-refractivity contribution >= 4 is 29.4 Å². The van der Waals surface area contributed by atoms with Crippen LogP contribution in [-0.2, 0) is 14.4 Å². The van der Waals surface area contributed by atoms with Crippen molar-refractivity contribution in [1.29, 1.82) is 0 Å². The van der Waals surface area contributed by atoms with E-state index in [9.17, 15) is 34.2 Å². The molecule has 0 aromatic heterocycles. The van der Waals surface area contributed by atoms with Gasteiger partial charge in [0, 0.05) is 12.1 Å². The lowest BCUT2D eigenvalue weighted by molar-refractivity contribution is -0.136. The molecule has 7 N–H and O–H groups in total. The molecule has 12 heteroatoms. The summed E-state index contributed by atoms with van der Waals surface area (Å²) in [6, 6.07) is 1.87. The number of urea groups is 1. The number of nitrogens with zero attached hydrogens (tertiary/aromatic N) is 1. The van der Waals surface area contributed by atoms with Crippen LogP contribution in [0.4, 0.5) is 4.79 Å². The smallest absolute Gasteiger partial charge is 0.315 e. The summed E-state index contributed by atoms with van der Waals surface area (Å²) in [5.41, 5.74) is 4.91. The van der Waals surface area contributed by atoms with E-state index in [1.54, 1.807) is 18.7 Å². The maximum Gasteiger partial charge on any atom is 0.315 e. The number of carbonyl (C=O) groups is 5. The van der Waals surface area contributed by atoms with E-state index in [0.29, 0.717) is 37.3 Å². The van der Waals surface area contributed by atoms with Gasteiger partial charge in [-0.05, 0) is 60.8 Å². The molecule has 238 valence electrons. The third-order valence-corrected chi connectivity index (χ3v) is 8.16. The highest BCUT2D eigenvalue weighted by atomic mass is 16.3. The van der Waals surface area contributed by atoms with E-state index < -0.39 is 65.9 Å². The highest BCUT2D eigenvalue weighted by molar-refractivity contribution is 6.02. The van der Waals surface area contributed by atoms with Crippen LogP contribution in [0.15, 0.2) is 24.3 Å². The fourth-order valence-electron chi connectivity index (χ4n) is 5.50. The van der Waals surface area contributed by atoms with Crippen molar-refractivity contribution in [3.8, 4) is 5.75 Å². The number of rotatable bonds is 14. The Morgan fingerprint density at radius 3 is 2.16 bits per heavy atom. The number of hydrogen-bond donors (Lipinski definition) is 6. The van der Waals surface area contributed by atoms with E-state index in [1.165, 1.54) is 24.3 Å². The summed E-state index contributed by atoms with van der Waals surface area (Å²) >= 11 is 0. The van der Waals surface area contributed by atoms with Gasteiger partial charge >= 0.3 is 6.03 Å². The lowest BCUT2D eigenvalue weighted by Gasteiger charge is -2.41. The normalized spacial score (nSPS) is 20.1. The minimum Gasteiger partial charge on any atom is -0.508 e. The molecular weight excluding hydrogens is 554 g/mol. The van der Waals surface area contributed by atoms with Gasteiger partial charge in [-0.2, -0.15) is 0 Å². The standard InChI is InChI=1S/C31H47N5O7/c1-17(2)25(26(40)19-10-12-20(37)13-11-19)34-30(43)35-27(31(3,4)5)29(42)36-14-6-7-22(36)28(41)33-21(15-18-8-9-18)23(38)16-24(32)39/h10-13,17-18,21-22,25,27,29,37,42H,6-9,14-16H2,1-5H3,(H2,32,39)(H,33,41)(H2,34,35,43)/t21?,22-,25-,27+,29?/m0/s1. The van der Waals surface area contributed by atoms with Crippen LogP contribution >= 0.6 is 0 Å². The van der Waals surface area contributed by atoms with Gasteiger partial charge in [0.1, 0.15) is 12.0 Å². The Morgan fingerprint density at radius 2 is 1.63 bits per heavy atom. The van der Waals surface area contributed by atoms with Crippen LogP contribution in [0.25, 0.3) is 0 Å². The van der Waals surface area contributed by atoms with Gasteiger partial charge in [-0.25, -0.2) is 4.79 Å². The highest BCUT2D eigenvalue weighted by Crippen LogP contribution is 2.34. The molecule has 0 spiro atoms. The van der Waals surface area contributed by atoms with Gasteiger partial charge in [0.25, 0.3) is 0 Å². The molecule has 43 heavy (non-hydrogen) atoms. The molecule has 2 fully saturated rings. The Labute approximate surface area is 253 Å². The zero-order chi connectivity index (χ0) is 32.1. The maximum absolute atomic E-state index is 13.4. The van der Waals surface area contributed by atoms with Crippen molar-refractivity contribution < 1.29 is 34.2 Å². The highest BCUT2D eigenvalue weighted by Gasteiger charge is 2.43. The molecule has 1 aliphatic heterocycles. The van der Waals surface area contributed by atoms with E-state index >= 15 is 0 Å². The van der Waals surface area contributed by atoms with Gasteiger partial charge in [-0.15, -0.1) is 0 Å². The third kappa shape index (κ3) is 9.49. The number of phenolic OH excluding ortho intramolecular Hbond substituents is 1. The van der Waals surface area contributed by atoms with Gasteiger partial charge in [-0.3, -0.25) is 24.1 Å². The molecule has 1 aliphatic carbocycles. The zero-order valence-corrected chi connectivity index (χ0v) is 25.8. The number of phenols is 1. The Bertz CT molecular complexity index is 1180. The van der Waals surface area contributed by atoms with Crippen LogP contribution < -0.4 is 21.7 Å². The van der Waals surface area contributed by atoms with Crippen molar-refractivity contribution in [2.24, 2.45) is 23.0 Å². The predicted molar refractivity (Wildman–Crippen MR) is 160 cm³/mol. The summed E-state index contributed by atoms with van der Waals surface area (Å²) in [5.74, 6) is -1.83. The van der Waals surface area contributed by atoms with Crippen molar-refractivity contribution in [3.05, 3.63) is 29.8 Å². The van der Waals surface area contributed by atoms with Crippen molar-refractivity contribution in [2.45, 2.75) is 104 Å². The average molecular weight is 602 g/mol. The Morgan fingerprint density at radius 1 is 1.00 bits per heavy atom. The Balaban J connectivity index is 1.72. The Hall–Kier alpha value is -3.51. The van der Waals surface area contributed by atoms with Crippen molar-refractivity contribution in [1.82, 2.24) is 20.9 Å². The summed E-state index contributed by atoms with van der Waals surface area (Å²) in [7, 11) is 0. The number of carbonyl (C=O) groups excluding carboxylic acids is 5. The second-order valence-corrected chi connectivity index (χ2v) is 13.3. The van der Waals surface area contributed by atoms with E-state index in [-0.39, 0.29) is 17.5 Å². The lowest BCUT2D eigenvalue weighted by atomic mass is 9.85. The monoisotopic (exact) mass is 601 g/mol. The molecule has 1 aromatic rings. The number of Topliss-reactive ketones (excluding diaryl/α,β-unsaturated/α-hetero) is 2. The number of aliphatic hydroxyl groups excluding tert-OH is 1. The molecule has 0 bridgehead atoms. The number of ketones is 2. The van der Waals surface area contributed by atoms with Crippen LogP contribution in [-0.4, -0.2) is 81.5 Å². The van der Waals surface area contributed by atoms with Crippen LogP contribution in [0.1, 0.15) is 83.5 Å². The van der Waals surface area contributed by atoms with Crippen molar-refractivity contribution in [2.75, 3.05) is 6.54 Å². The van der Waals surface area contributed by atoms with Crippen molar-refractivity contribution in [3.63, 3.8) is 0 Å². The molecule has 1 saturated carbocycles. The quantitative estimate of drug-likeness (QED) is 0.137. The number of nitrogens with one attached hydrogen (secondary N) is 3. The number of nitrogens with two attached hydrogens (primary N) is 1. The van der Waals surface area contributed by atoms with Crippen LogP contribution in [0.3, 0.4) is 0 Å². The van der Waals surface area contributed by atoms with E-state index in [2.05, 4.69) is 16.0 Å². The average Bonchev–Trinajstić information content (AvgIpc) is 3.59. The van der Waals surface area contributed by atoms with E-state index in [1.807, 2.05) is 20.8 Å². The number of benzene rings is 1. The first-order chi connectivity index (χ1) is 20.1. The van der Waals surface area contributed by atoms with Gasteiger partial charge in [0.05, 0.1) is 30.6 Å². The third-order valence-electron chi connectivity index (χ3n) is 8.16. The van der Waals surface area contributed by atoms with Gasteiger partial charge in [0.15, 0.2) is 11.6 Å². The summed E-state index contributed by atoms with van der Waals surface area (Å²) in [4.78, 5) is 65.5. The number of aromatic hydroxyl groups is 1. The maximum atomic E-state index is 13.4. The first-order valence-corrected chi connectivity index (χ1v) is 15.0. The number of aliphatic hydroxyl groups is 1. The minimum absolute atomic E-state index is 0.0231. The first-order valence-electron chi connectivity index (χ1n) is 15.0. The first kappa shape index (κ1) is 34.0. The molecule has 1 heterocycles.